The molecule has 1 unspecified atom stereocenters. The lowest BCUT2D eigenvalue weighted by Gasteiger charge is -2.36. The number of aryl methyl sites for hydroxylation is 2. The van der Waals surface area contributed by atoms with Crippen molar-refractivity contribution in [2.75, 3.05) is 37.7 Å². The topological polar surface area (TPSA) is 71.5 Å². The zero-order valence-electron chi connectivity index (χ0n) is 17.4. The number of fused-ring (bicyclic) bond motifs is 3. The Hall–Kier alpha value is -2.58. The van der Waals surface area contributed by atoms with Crippen molar-refractivity contribution in [3.63, 3.8) is 0 Å². The predicted octanol–water partition coefficient (Wildman–Crippen LogP) is 3.07. The number of aromatic nitrogens is 3. The summed E-state index contributed by atoms with van der Waals surface area (Å²) in [6.07, 6.45) is 8.64. The van der Waals surface area contributed by atoms with Crippen LogP contribution in [0.25, 0.3) is 21.6 Å². The van der Waals surface area contributed by atoms with Crippen molar-refractivity contribution in [1.82, 2.24) is 19.9 Å². The fourth-order valence-electron chi connectivity index (χ4n) is 4.94. The molecule has 8 heteroatoms. The molecule has 7 nitrogen and oxygen atoms in total. The van der Waals surface area contributed by atoms with Gasteiger partial charge in [-0.2, -0.15) is 0 Å². The van der Waals surface area contributed by atoms with Crippen molar-refractivity contribution in [1.29, 1.82) is 0 Å². The van der Waals surface area contributed by atoms with Crippen LogP contribution in [0.1, 0.15) is 29.7 Å². The summed E-state index contributed by atoms with van der Waals surface area (Å²) in [7, 11) is 0. The molecule has 31 heavy (non-hydrogen) atoms. The van der Waals surface area contributed by atoms with Gasteiger partial charge in [-0.25, -0.2) is 9.97 Å². The van der Waals surface area contributed by atoms with E-state index in [4.69, 9.17) is 14.7 Å². The first-order chi connectivity index (χ1) is 15.3. The number of amides is 1. The molecule has 0 radical (unpaired) electrons. The lowest BCUT2D eigenvalue weighted by molar-refractivity contribution is -0.141. The summed E-state index contributed by atoms with van der Waals surface area (Å²) in [6, 6.07) is 3.93. The Morgan fingerprint density at radius 2 is 2.03 bits per heavy atom. The molecule has 3 aromatic rings. The highest BCUT2D eigenvalue weighted by Gasteiger charge is 2.32. The molecular formula is C23H25N5O2S. The van der Waals surface area contributed by atoms with E-state index in [9.17, 15) is 4.79 Å². The number of carbonyl (C=O) groups excluding carboxylic acids is 1. The minimum Gasteiger partial charge on any atom is -0.368 e. The van der Waals surface area contributed by atoms with Crippen LogP contribution in [0.15, 0.2) is 24.5 Å². The second-order valence-electron chi connectivity index (χ2n) is 8.46. The molecule has 5 heterocycles. The molecule has 3 aromatic heterocycles. The van der Waals surface area contributed by atoms with E-state index < -0.39 is 0 Å². The number of piperazine rings is 1. The van der Waals surface area contributed by atoms with Crippen molar-refractivity contribution in [2.45, 2.75) is 38.2 Å². The fraction of sp³-hybridized carbons (Fsp3) is 0.478. The second kappa shape index (κ2) is 7.84. The fourth-order valence-corrected chi connectivity index (χ4v) is 6.20. The van der Waals surface area contributed by atoms with Crippen LogP contribution < -0.4 is 4.90 Å². The zero-order valence-corrected chi connectivity index (χ0v) is 18.2. The van der Waals surface area contributed by atoms with Gasteiger partial charge in [0.05, 0.1) is 5.39 Å². The molecule has 1 atom stereocenters. The van der Waals surface area contributed by atoms with E-state index in [-0.39, 0.29) is 12.0 Å². The summed E-state index contributed by atoms with van der Waals surface area (Å²) in [5.74, 6) is 1.90. The predicted molar refractivity (Wildman–Crippen MR) is 120 cm³/mol. The van der Waals surface area contributed by atoms with E-state index in [1.165, 1.54) is 22.2 Å². The molecule has 2 fully saturated rings. The van der Waals surface area contributed by atoms with Crippen LogP contribution in [-0.2, 0) is 22.4 Å². The van der Waals surface area contributed by atoms with Gasteiger partial charge >= 0.3 is 0 Å². The first-order valence-corrected chi connectivity index (χ1v) is 12.0. The number of ether oxygens (including phenoxy) is 1. The van der Waals surface area contributed by atoms with Crippen LogP contribution in [0.2, 0.25) is 0 Å². The summed E-state index contributed by atoms with van der Waals surface area (Å²) >= 11 is 1.82. The third-order valence-electron chi connectivity index (χ3n) is 6.56. The van der Waals surface area contributed by atoms with Gasteiger partial charge in [0.2, 0.25) is 0 Å². The molecule has 1 aliphatic carbocycles. The Balaban J connectivity index is 1.33. The van der Waals surface area contributed by atoms with Gasteiger partial charge in [-0.15, -0.1) is 11.3 Å². The molecule has 0 spiro atoms. The lowest BCUT2D eigenvalue weighted by atomic mass is 10.1. The molecule has 2 aliphatic heterocycles. The number of pyridine rings is 1. The summed E-state index contributed by atoms with van der Waals surface area (Å²) in [5, 5.41) is 1.23. The Morgan fingerprint density at radius 3 is 2.81 bits per heavy atom. The summed E-state index contributed by atoms with van der Waals surface area (Å²) < 4.78 is 5.61. The summed E-state index contributed by atoms with van der Waals surface area (Å²) in [4.78, 5) is 33.8. The molecule has 1 amide bonds. The quantitative estimate of drug-likeness (QED) is 0.630. The molecule has 0 aromatic carbocycles. The average molecular weight is 436 g/mol. The smallest absolute Gasteiger partial charge is 0.251 e. The van der Waals surface area contributed by atoms with Crippen molar-refractivity contribution < 1.29 is 9.53 Å². The number of hydrogen-bond acceptors (Lipinski definition) is 7. The number of thiophene rings is 1. The number of hydrogen-bond donors (Lipinski definition) is 0. The van der Waals surface area contributed by atoms with Crippen molar-refractivity contribution in [3.8, 4) is 11.4 Å². The standard InChI is InChI=1S/C23H25N5O2S/c29-23(17-6-3-13-30-17)28-11-9-27(10-12-28)21-19-16-5-1-7-18(16)31-22(19)26-20(25-21)15-4-2-8-24-14-15/h2,4,8,14,17H,1,3,5-7,9-13H2. The van der Waals surface area contributed by atoms with E-state index >= 15 is 0 Å². The van der Waals surface area contributed by atoms with Gasteiger partial charge < -0.3 is 14.5 Å². The van der Waals surface area contributed by atoms with Crippen molar-refractivity contribution >= 4 is 33.3 Å². The summed E-state index contributed by atoms with van der Waals surface area (Å²) in [5.41, 5.74) is 2.37. The van der Waals surface area contributed by atoms with Crippen LogP contribution in [0, 0.1) is 0 Å². The maximum atomic E-state index is 12.8. The van der Waals surface area contributed by atoms with E-state index in [0.717, 1.165) is 60.8 Å². The monoisotopic (exact) mass is 435 g/mol. The molecule has 3 aliphatic rings. The van der Waals surface area contributed by atoms with Crippen molar-refractivity contribution in [2.24, 2.45) is 0 Å². The minimum absolute atomic E-state index is 0.150. The molecule has 0 N–H and O–H groups in total. The van der Waals surface area contributed by atoms with Gasteiger partial charge in [-0.3, -0.25) is 9.78 Å². The Bertz CT molecular complexity index is 1120. The number of rotatable bonds is 3. The van der Waals surface area contributed by atoms with Gasteiger partial charge in [0, 0.05) is 55.6 Å². The lowest BCUT2D eigenvalue weighted by Crippen LogP contribution is -2.51. The number of carbonyl (C=O) groups is 1. The van der Waals surface area contributed by atoms with Gasteiger partial charge in [-0.1, -0.05) is 0 Å². The third-order valence-corrected chi connectivity index (χ3v) is 7.75. The average Bonchev–Trinajstić information content (AvgIpc) is 3.56. The first-order valence-electron chi connectivity index (χ1n) is 11.2. The Labute approximate surface area is 185 Å². The zero-order chi connectivity index (χ0) is 20.8. The van der Waals surface area contributed by atoms with E-state index in [1.807, 2.05) is 34.6 Å². The van der Waals surface area contributed by atoms with Gasteiger partial charge in [-0.05, 0) is 49.8 Å². The van der Waals surface area contributed by atoms with Crippen LogP contribution >= 0.6 is 11.3 Å². The highest BCUT2D eigenvalue weighted by molar-refractivity contribution is 7.19. The van der Waals surface area contributed by atoms with Crippen molar-refractivity contribution in [3.05, 3.63) is 35.0 Å². The van der Waals surface area contributed by atoms with Gasteiger partial charge in [0.1, 0.15) is 16.8 Å². The molecule has 0 bridgehead atoms. The van der Waals surface area contributed by atoms with Crippen LogP contribution in [0.3, 0.4) is 0 Å². The maximum absolute atomic E-state index is 12.8. The SMILES string of the molecule is O=C(C1CCCO1)N1CCN(c2nc(-c3cccnc3)nc3sc4c(c23)CCC4)CC1. The van der Waals surface area contributed by atoms with Crippen LogP contribution in [-0.4, -0.2) is 64.6 Å². The number of anilines is 1. The van der Waals surface area contributed by atoms with Crippen LogP contribution in [0.5, 0.6) is 0 Å². The third kappa shape index (κ3) is 3.38. The molecule has 0 saturated carbocycles. The largest absolute Gasteiger partial charge is 0.368 e. The van der Waals surface area contributed by atoms with Crippen LogP contribution in [0.4, 0.5) is 5.82 Å². The molecular weight excluding hydrogens is 410 g/mol. The van der Waals surface area contributed by atoms with Gasteiger partial charge in [0.15, 0.2) is 5.82 Å². The maximum Gasteiger partial charge on any atom is 0.251 e. The first kappa shape index (κ1) is 19.1. The molecule has 2 saturated heterocycles. The highest BCUT2D eigenvalue weighted by Crippen LogP contribution is 2.41. The summed E-state index contributed by atoms with van der Waals surface area (Å²) in [6.45, 7) is 3.68. The van der Waals surface area contributed by atoms with E-state index in [2.05, 4.69) is 9.88 Å². The minimum atomic E-state index is -0.241. The van der Waals surface area contributed by atoms with Gasteiger partial charge in [0.25, 0.3) is 5.91 Å². The second-order valence-corrected chi connectivity index (χ2v) is 9.55. The van der Waals surface area contributed by atoms with E-state index in [1.54, 1.807) is 6.20 Å². The van der Waals surface area contributed by atoms with E-state index in [0.29, 0.717) is 19.7 Å². The number of nitrogens with zero attached hydrogens (tertiary/aromatic N) is 5. The normalized spacial score (nSPS) is 21.1. The Morgan fingerprint density at radius 1 is 1.13 bits per heavy atom. The Kier molecular flexibility index (Phi) is 4.84. The highest BCUT2D eigenvalue weighted by atomic mass is 32.1. The molecule has 6 rings (SSSR count). The molecule has 160 valence electrons.